The van der Waals surface area contributed by atoms with Crippen LogP contribution < -0.4 is 0 Å². The number of allylic oxidation sites excluding steroid dienone is 2. The van der Waals surface area contributed by atoms with Gasteiger partial charge in [0.2, 0.25) is 0 Å². The van der Waals surface area contributed by atoms with Crippen LogP contribution in [0.3, 0.4) is 0 Å². The van der Waals surface area contributed by atoms with Gasteiger partial charge in [-0.25, -0.2) is 0 Å². The molecule has 0 saturated heterocycles. The molecule has 33 heavy (non-hydrogen) atoms. The van der Waals surface area contributed by atoms with E-state index in [4.69, 9.17) is 11.6 Å². The molecule has 2 heterocycles. The average Bonchev–Trinajstić information content (AvgIpc) is 3.28. The predicted molar refractivity (Wildman–Crippen MR) is 116 cm³/mol. The number of aromatic nitrogens is 1. The Morgan fingerprint density at radius 3 is 1.97 bits per heavy atom. The van der Waals surface area contributed by atoms with Crippen molar-refractivity contribution in [2.45, 2.75) is 31.6 Å². The number of thiophene rings is 1. The molecular formula is C23H15ClF6N2S. The van der Waals surface area contributed by atoms with Crippen molar-refractivity contribution in [1.29, 1.82) is 5.26 Å². The SMILES string of the molecule is Cc1sc(-c2ccc(Cl)cc2)cc1C1=C(c2cc(C#N)n(C)c2C)C(F)(F)C(F)(F)C1(F)F. The average molecular weight is 501 g/mol. The molecule has 2 nitrogen and oxygen atoms in total. The molecule has 4 rings (SSSR count). The second-order valence-corrected chi connectivity index (χ2v) is 9.45. The fraction of sp³-hybridized carbons (Fsp3) is 0.261. The molecule has 0 N–H and O–H groups in total. The van der Waals surface area contributed by atoms with Crippen LogP contribution in [0.2, 0.25) is 5.02 Å². The molecule has 0 fully saturated rings. The quantitative estimate of drug-likeness (QED) is 0.338. The number of halogens is 7. The Balaban J connectivity index is 2.06. The molecule has 0 radical (unpaired) electrons. The summed E-state index contributed by atoms with van der Waals surface area (Å²) in [5.74, 6) is -16.0. The van der Waals surface area contributed by atoms with E-state index in [0.717, 1.165) is 17.4 Å². The van der Waals surface area contributed by atoms with Gasteiger partial charge in [-0.2, -0.15) is 31.6 Å². The van der Waals surface area contributed by atoms with Gasteiger partial charge in [0.25, 0.3) is 0 Å². The fourth-order valence-electron chi connectivity index (χ4n) is 3.98. The minimum absolute atomic E-state index is 0.00182. The lowest BCUT2D eigenvalue weighted by Gasteiger charge is -2.25. The Labute approximate surface area is 194 Å². The van der Waals surface area contributed by atoms with Gasteiger partial charge in [0.15, 0.2) is 0 Å². The molecular weight excluding hydrogens is 486 g/mol. The molecule has 1 aliphatic carbocycles. The van der Waals surface area contributed by atoms with E-state index in [9.17, 15) is 14.0 Å². The van der Waals surface area contributed by atoms with Crippen LogP contribution in [0.25, 0.3) is 21.6 Å². The lowest BCUT2D eigenvalue weighted by atomic mass is 9.94. The highest BCUT2D eigenvalue weighted by Gasteiger charge is 2.80. The zero-order chi connectivity index (χ0) is 24.5. The number of benzene rings is 1. The van der Waals surface area contributed by atoms with E-state index in [1.54, 1.807) is 30.3 Å². The van der Waals surface area contributed by atoms with E-state index in [2.05, 4.69) is 0 Å². The zero-order valence-electron chi connectivity index (χ0n) is 17.4. The van der Waals surface area contributed by atoms with E-state index in [1.807, 2.05) is 0 Å². The predicted octanol–water partition coefficient (Wildman–Crippen LogP) is 7.73. The molecule has 1 aromatic carbocycles. The summed E-state index contributed by atoms with van der Waals surface area (Å²) >= 11 is 6.89. The highest BCUT2D eigenvalue weighted by molar-refractivity contribution is 7.15. The summed E-state index contributed by atoms with van der Waals surface area (Å²) in [4.78, 5) is 0.609. The molecule has 0 aliphatic heterocycles. The summed E-state index contributed by atoms with van der Waals surface area (Å²) in [6.45, 7) is 2.72. The lowest BCUT2D eigenvalue weighted by molar-refractivity contribution is -0.254. The zero-order valence-corrected chi connectivity index (χ0v) is 19.0. The van der Waals surface area contributed by atoms with Crippen molar-refractivity contribution < 1.29 is 26.3 Å². The minimum atomic E-state index is -5.66. The number of nitriles is 1. The number of nitrogens with zero attached hydrogens (tertiary/aromatic N) is 2. The molecule has 10 heteroatoms. The summed E-state index contributed by atoms with van der Waals surface area (Å²) in [5, 5.41) is 9.67. The van der Waals surface area contributed by atoms with Crippen LogP contribution in [0.5, 0.6) is 0 Å². The molecule has 0 atom stereocenters. The highest BCUT2D eigenvalue weighted by Crippen LogP contribution is 2.65. The van der Waals surface area contributed by atoms with Crippen molar-refractivity contribution in [1.82, 2.24) is 4.57 Å². The monoisotopic (exact) mass is 500 g/mol. The van der Waals surface area contributed by atoms with Crippen molar-refractivity contribution >= 4 is 34.1 Å². The van der Waals surface area contributed by atoms with Gasteiger partial charge in [-0.05, 0) is 49.2 Å². The minimum Gasteiger partial charge on any atom is -0.339 e. The third-order valence-corrected chi connectivity index (χ3v) is 7.25. The highest BCUT2D eigenvalue weighted by atomic mass is 35.5. The van der Waals surface area contributed by atoms with Crippen molar-refractivity contribution in [2.24, 2.45) is 7.05 Å². The maximum Gasteiger partial charge on any atom is 0.380 e. The first-order chi connectivity index (χ1) is 15.3. The van der Waals surface area contributed by atoms with Gasteiger partial charge >= 0.3 is 17.8 Å². The standard InChI is InChI=1S/C23H15ClF6N2S/c1-11-16(8-15(10-31)32(11)3)19-20(22(27,28)23(29,30)21(19,25)26)17-9-18(33-12(17)2)13-4-6-14(24)7-5-13/h4-9H,1-3H3. The van der Waals surface area contributed by atoms with Crippen LogP contribution in [0.15, 0.2) is 36.4 Å². The number of hydrogen-bond acceptors (Lipinski definition) is 2. The molecule has 0 bridgehead atoms. The van der Waals surface area contributed by atoms with E-state index in [0.29, 0.717) is 15.5 Å². The van der Waals surface area contributed by atoms with Crippen LogP contribution >= 0.6 is 22.9 Å². The Morgan fingerprint density at radius 1 is 0.909 bits per heavy atom. The first-order valence-corrected chi connectivity index (χ1v) is 10.8. The summed E-state index contributed by atoms with van der Waals surface area (Å²) in [6.07, 6.45) is 0. The first-order valence-electron chi connectivity index (χ1n) is 9.58. The molecule has 0 spiro atoms. The maximum absolute atomic E-state index is 15.1. The molecule has 1 aliphatic rings. The van der Waals surface area contributed by atoms with Gasteiger partial charge in [0.05, 0.1) is 0 Å². The van der Waals surface area contributed by atoms with Crippen LogP contribution in [0.1, 0.15) is 27.4 Å². The van der Waals surface area contributed by atoms with E-state index in [-0.39, 0.29) is 21.8 Å². The normalized spacial score (nSPS) is 18.6. The van der Waals surface area contributed by atoms with Crippen LogP contribution in [-0.4, -0.2) is 22.3 Å². The summed E-state index contributed by atoms with van der Waals surface area (Å²) in [6, 6.07) is 10.3. The number of rotatable bonds is 3. The van der Waals surface area contributed by atoms with Gasteiger partial charge in [-0.15, -0.1) is 11.3 Å². The molecule has 3 aromatic rings. The van der Waals surface area contributed by atoms with E-state index < -0.39 is 34.5 Å². The Morgan fingerprint density at radius 2 is 1.45 bits per heavy atom. The first kappa shape index (κ1) is 23.5. The second-order valence-electron chi connectivity index (χ2n) is 7.76. The van der Waals surface area contributed by atoms with Gasteiger partial charge in [-0.3, -0.25) is 0 Å². The van der Waals surface area contributed by atoms with Crippen LogP contribution in [-0.2, 0) is 7.05 Å². The molecule has 0 unspecified atom stereocenters. The molecule has 0 amide bonds. The molecule has 172 valence electrons. The summed E-state index contributed by atoms with van der Waals surface area (Å²) in [5.41, 5.74) is -3.33. The van der Waals surface area contributed by atoms with E-state index >= 15 is 17.6 Å². The van der Waals surface area contributed by atoms with Gasteiger partial charge in [-0.1, -0.05) is 23.7 Å². The van der Waals surface area contributed by atoms with Crippen molar-refractivity contribution in [2.75, 3.05) is 0 Å². The third kappa shape index (κ3) is 3.15. The van der Waals surface area contributed by atoms with Gasteiger partial charge in [0, 0.05) is 44.2 Å². The van der Waals surface area contributed by atoms with Crippen molar-refractivity contribution in [3.63, 3.8) is 0 Å². The van der Waals surface area contributed by atoms with Crippen LogP contribution in [0.4, 0.5) is 26.3 Å². The summed E-state index contributed by atoms with van der Waals surface area (Å²) in [7, 11) is 1.37. The van der Waals surface area contributed by atoms with Crippen molar-refractivity contribution in [3.05, 3.63) is 68.8 Å². The van der Waals surface area contributed by atoms with Crippen LogP contribution in [0, 0.1) is 25.2 Å². The van der Waals surface area contributed by atoms with Gasteiger partial charge in [0.1, 0.15) is 11.8 Å². The summed E-state index contributed by atoms with van der Waals surface area (Å²) < 4.78 is 90.6. The topological polar surface area (TPSA) is 28.7 Å². The molecule has 2 aromatic heterocycles. The maximum atomic E-state index is 15.1. The van der Waals surface area contributed by atoms with Gasteiger partial charge < -0.3 is 4.57 Å². The Bertz CT molecular complexity index is 1340. The third-order valence-electron chi connectivity index (χ3n) is 5.90. The number of alkyl halides is 6. The number of aryl methyl sites for hydroxylation is 1. The Kier molecular flexibility index (Phi) is 5.26. The smallest absolute Gasteiger partial charge is 0.339 e. The second kappa shape index (κ2) is 7.40. The largest absolute Gasteiger partial charge is 0.380 e. The fourth-order valence-corrected chi connectivity index (χ4v) is 5.14. The van der Waals surface area contributed by atoms with Crippen molar-refractivity contribution in [3.8, 4) is 16.5 Å². The van der Waals surface area contributed by atoms with E-state index in [1.165, 1.54) is 31.5 Å². The Hall–Kier alpha value is -2.70. The number of hydrogen-bond donors (Lipinski definition) is 0. The lowest BCUT2D eigenvalue weighted by Crippen LogP contribution is -2.48. The molecule has 0 saturated carbocycles.